The number of fused-ring (bicyclic) bond motifs is 1. The van der Waals surface area contributed by atoms with Crippen molar-refractivity contribution >= 4 is 14.1 Å². The highest BCUT2D eigenvalue weighted by Gasteiger charge is 2.43. The maximum absolute atomic E-state index is 6.32. The van der Waals surface area contributed by atoms with E-state index in [-0.39, 0.29) is 0 Å². The van der Waals surface area contributed by atoms with Crippen LogP contribution in [0.25, 0.3) is 0 Å². The molecule has 2 atom stereocenters. The van der Waals surface area contributed by atoms with Crippen molar-refractivity contribution in [1.82, 2.24) is 9.65 Å². The van der Waals surface area contributed by atoms with E-state index in [0.29, 0.717) is 12.6 Å². The minimum atomic E-state index is -0.722. The lowest BCUT2D eigenvalue weighted by atomic mass is 10.2. The number of rotatable bonds is 4. The van der Waals surface area contributed by atoms with Gasteiger partial charge < -0.3 is 9.19 Å². The highest BCUT2D eigenvalue weighted by atomic mass is 31.2. The van der Waals surface area contributed by atoms with Crippen LogP contribution in [0, 0.1) is 0 Å². The Labute approximate surface area is 132 Å². The van der Waals surface area contributed by atoms with Gasteiger partial charge in [-0.3, -0.25) is 4.98 Å². The number of pyridine rings is 1. The van der Waals surface area contributed by atoms with Crippen molar-refractivity contribution in [2.75, 3.05) is 17.8 Å². The summed E-state index contributed by atoms with van der Waals surface area (Å²) < 4.78 is 11.3. The van der Waals surface area contributed by atoms with Crippen LogP contribution in [-0.4, -0.2) is 28.8 Å². The first-order valence-corrected chi connectivity index (χ1v) is 9.00. The van der Waals surface area contributed by atoms with Crippen molar-refractivity contribution in [3.63, 3.8) is 0 Å². The molecule has 5 heteroatoms. The second kappa shape index (κ2) is 6.33. The van der Waals surface area contributed by atoms with E-state index in [1.54, 1.807) is 0 Å². The number of benzene rings is 1. The lowest BCUT2D eigenvalue weighted by Gasteiger charge is -2.29. The van der Waals surface area contributed by atoms with Gasteiger partial charge in [-0.05, 0) is 37.1 Å². The molecule has 1 aromatic carbocycles. The van der Waals surface area contributed by atoms with Gasteiger partial charge in [-0.15, -0.1) is 0 Å². The van der Waals surface area contributed by atoms with Gasteiger partial charge in [0.2, 0.25) is 8.45 Å². The fourth-order valence-electron chi connectivity index (χ4n) is 3.19. The average Bonchev–Trinajstić information content (AvgIpc) is 3.16. The molecular weight excluding hydrogens is 293 g/mol. The second-order valence-corrected chi connectivity index (χ2v) is 7.48. The van der Waals surface area contributed by atoms with Gasteiger partial charge in [0.15, 0.2) is 0 Å². The predicted octanol–water partition coefficient (Wildman–Crippen LogP) is 3.81. The molecule has 0 bridgehead atoms. The summed E-state index contributed by atoms with van der Waals surface area (Å²) in [6.07, 6.45) is 4.41. The summed E-state index contributed by atoms with van der Waals surface area (Å²) in [5, 5.41) is 0. The summed E-state index contributed by atoms with van der Waals surface area (Å²) >= 11 is 0. The fourth-order valence-corrected chi connectivity index (χ4v) is 5.45. The third-order valence-electron chi connectivity index (χ3n) is 4.26. The molecule has 0 amide bonds. The van der Waals surface area contributed by atoms with E-state index in [0.717, 1.165) is 18.8 Å². The third kappa shape index (κ3) is 2.74. The van der Waals surface area contributed by atoms with Crippen molar-refractivity contribution in [3.8, 4) is 0 Å². The summed E-state index contributed by atoms with van der Waals surface area (Å²) in [6.45, 7) is 2.82. The third-order valence-corrected chi connectivity index (χ3v) is 6.40. The van der Waals surface area contributed by atoms with E-state index in [9.17, 15) is 0 Å². The first-order valence-electron chi connectivity index (χ1n) is 7.84. The zero-order valence-electron chi connectivity index (χ0n) is 12.5. The number of aromatic nitrogens is 1. The van der Waals surface area contributed by atoms with E-state index in [1.807, 2.05) is 24.4 Å². The van der Waals surface area contributed by atoms with Crippen LogP contribution < -0.4 is 4.67 Å². The van der Waals surface area contributed by atoms with Gasteiger partial charge >= 0.3 is 0 Å². The molecule has 0 radical (unpaired) electrons. The number of nitrogens with zero attached hydrogens (tertiary/aromatic N) is 3. The summed E-state index contributed by atoms with van der Waals surface area (Å²) in [7, 11) is -0.722. The van der Waals surface area contributed by atoms with E-state index >= 15 is 0 Å². The smallest absolute Gasteiger partial charge is 0.218 e. The van der Waals surface area contributed by atoms with E-state index in [2.05, 4.69) is 44.7 Å². The standard InChI is InChI=1S/C17H20N3OP/c1-2-8-16(9-3-1)20-13-17-10-6-12-19(17)22(20)21-14-15-7-4-5-11-18-15/h1-5,7-9,11,17H,6,10,12-14H2/t17-,22?/m0/s1. The Balaban J connectivity index is 1.53. The van der Waals surface area contributed by atoms with Crippen LogP contribution in [0.5, 0.6) is 0 Å². The molecule has 114 valence electrons. The largest absolute Gasteiger partial charge is 0.321 e. The highest BCUT2D eigenvalue weighted by molar-refractivity contribution is 7.52. The molecule has 1 aromatic heterocycles. The van der Waals surface area contributed by atoms with Crippen molar-refractivity contribution < 1.29 is 4.52 Å². The molecule has 0 aliphatic carbocycles. The summed E-state index contributed by atoms with van der Waals surface area (Å²) in [6, 6.07) is 17.3. The van der Waals surface area contributed by atoms with Crippen LogP contribution in [0.2, 0.25) is 0 Å². The molecule has 2 fully saturated rings. The average molecular weight is 313 g/mol. The summed E-state index contributed by atoms with van der Waals surface area (Å²) in [4.78, 5) is 4.37. The monoisotopic (exact) mass is 313 g/mol. The molecule has 22 heavy (non-hydrogen) atoms. The van der Waals surface area contributed by atoms with Crippen LogP contribution in [0.4, 0.5) is 5.69 Å². The maximum atomic E-state index is 6.32. The van der Waals surface area contributed by atoms with Crippen LogP contribution >= 0.6 is 8.45 Å². The lowest BCUT2D eigenvalue weighted by Crippen LogP contribution is -2.20. The molecule has 1 unspecified atom stereocenters. The number of para-hydroxylation sites is 1. The molecule has 0 saturated carbocycles. The number of anilines is 1. The maximum Gasteiger partial charge on any atom is 0.218 e. The molecule has 2 aromatic rings. The van der Waals surface area contributed by atoms with E-state index < -0.39 is 8.45 Å². The van der Waals surface area contributed by atoms with Gasteiger partial charge in [-0.1, -0.05) is 24.3 Å². The topological polar surface area (TPSA) is 28.6 Å². The SMILES string of the molecule is c1ccc(N2C[C@@H]3CCCN3P2OCc2ccccn2)cc1. The first kappa shape index (κ1) is 14.1. The normalized spacial score (nSPS) is 24.6. The van der Waals surface area contributed by atoms with Gasteiger partial charge in [0.1, 0.15) is 0 Å². The molecule has 0 spiro atoms. The Morgan fingerprint density at radius 1 is 1.14 bits per heavy atom. The van der Waals surface area contributed by atoms with E-state index in [1.165, 1.54) is 18.5 Å². The van der Waals surface area contributed by atoms with Gasteiger partial charge in [0.05, 0.1) is 12.3 Å². The molecule has 2 aliphatic rings. The molecule has 2 saturated heterocycles. The van der Waals surface area contributed by atoms with Crippen LogP contribution in [0.1, 0.15) is 18.5 Å². The Hall–Kier alpha value is -1.48. The van der Waals surface area contributed by atoms with Crippen molar-refractivity contribution in [2.24, 2.45) is 0 Å². The lowest BCUT2D eigenvalue weighted by molar-refractivity contribution is 0.302. The van der Waals surface area contributed by atoms with Crippen LogP contribution in [0.15, 0.2) is 54.7 Å². The van der Waals surface area contributed by atoms with Gasteiger partial charge in [0, 0.05) is 31.0 Å². The van der Waals surface area contributed by atoms with Gasteiger partial charge in [-0.25, -0.2) is 4.67 Å². The molecular formula is C17H20N3OP. The quantitative estimate of drug-likeness (QED) is 0.803. The molecule has 0 N–H and O–H groups in total. The molecule has 4 nitrogen and oxygen atoms in total. The summed E-state index contributed by atoms with van der Waals surface area (Å²) in [5.41, 5.74) is 2.27. The predicted molar refractivity (Wildman–Crippen MR) is 89.5 cm³/mol. The van der Waals surface area contributed by atoms with Crippen molar-refractivity contribution in [3.05, 3.63) is 60.4 Å². The Morgan fingerprint density at radius 3 is 2.82 bits per heavy atom. The number of hydrogen-bond acceptors (Lipinski definition) is 4. The Bertz CT molecular complexity index is 610. The van der Waals surface area contributed by atoms with Gasteiger partial charge in [0.25, 0.3) is 0 Å². The molecule has 3 heterocycles. The van der Waals surface area contributed by atoms with E-state index in [4.69, 9.17) is 4.52 Å². The zero-order valence-corrected chi connectivity index (χ0v) is 13.4. The summed E-state index contributed by atoms with van der Waals surface area (Å²) in [5.74, 6) is 0. The van der Waals surface area contributed by atoms with Gasteiger partial charge in [-0.2, -0.15) is 0 Å². The minimum absolute atomic E-state index is 0.582. The minimum Gasteiger partial charge on any atom is -0.321 e. The first-order chi connectivity index (χ1) is 10.9. The Kier molecular flexibility index (Phi) is 4.07. The fraction of sp³-hybridized carbons (Fsp3) is 0.353. The Morgan fingerprint density at radius 2 is 2.00 bits per heavy atom. The number of hydrogen-bond donors (Lipinski definition) is 0. The zero-order chi connectivity index (χ0) is 14.8. The molecule has 4 rings (SSSR count). The van der Waals surface area contributed by atoms with Crippen LogP contribution in [-0.2, 0) is 11.1 Å². The second-order valence-electron chi connectivity index (χ2n) is 5.72. The highest BCUT2D eigenvalue weighted by Crippen LogP contribution is 2.57. The molecule has 2 aliphatic heterocycles. The van der Waals surface area contributed by atoms with Crippen LogP contribution in [0.3, 0.4) is 0 Å². The van der Waals surface area contributed by atoms with Crippen molar-refractivity contribution in [2.45, 2.75) is 25.5 Å². The van der Waals surface area contributed by atoms with Crippen molar-refractivity contribution in [1.29, 1.82) is 0 Å².